The molecule has 10 heteroatoms. The van der Waals surface area contributed by atoms with Crippen LogP contribution in [0.15, 0.2) is 30.5 Å². The molecule has 0 saturated carbocycles. The van der Waals surface area contributed by atoms with Crippen LogP contribution in [0.25, 0.3) is 0 Å². The lowest BCUT2D eigenvalue weighted by Gasteiger charge is -2.30. The summed E-state index contributed by atoms with van der Waals surface area (Å²) in [6.07, 6.45) is 0.226. The summed E-state index contributed by atoms with van der Waals surface area (Å²) in [5.41, 5.74) is 0.826. The highest BCUT2D eigenvalue weighted by molar-refractivity contribution is 6.21. The molecule has 1 fully saturated rings. The summed E-state index contributed by atoms with van der Waals surface area (Å²) < 4.78 is 12.6. The fraction of sp³-hybridized carbons (Fsp3) is 0.353. The van der Waals surface area contributed by atoms with Crippen molar-refractivity contribution >= 4 is 17.5 Å². The predicted molar refractivity (Wildman–Crippen MR) is 89.8 cm³/mol. The Morgan fingerprint density at radius 1 is 1.19 bits per heavy atom. The first-order valence-corrected chi connectivity index (χ1v) is 8.32. The summed E-state index contributed by atoms with van der Waals surface area (Å²) in [4.78, 5) is 36.6. The number of benzene rings is 1. The lowest BCUT2D eigenvalue weighted by molar-refractivity contribution is -0.387. The second-order valence-electron chi connectivity index (χ2n) is 6.43. The molecule has 1 aromatic heterocycles. The summed E-state index contributed by atoms with van der Waals surface area (Å²) in [6.45, 7) is 0.549. The molecule has 2 aliphatic heterocycles. The molecule has 10 nitrogen and oxygen atoms in total. The highest BCUT2D eigenvalue weighted by Crippen LogP contribution is 2.32. The van der Waals surface area contributed by atoms with Crippen molar-refractivity contribution in [1.82, 2.24) is 14.7 Å². The fourth-order valence-corrected chi connectivity index (χ4v) is 3.32. The average Bonchev–Trinajstić information content (AvgIpc) is 3.17. The van der Waals surface area contributed by atoms with Gasteiger partial charge in [-0.05, 0) is 12.1 Å². The molecule has 0 spiro atoms. The first-order chi connectivity index (χ1) is 13.0. The fourth-order valence-electron chi connectivity index (χ4n) is 3.32. The standard InChI is InChI=1S/C17H16N4O6/c1-19-14(13(6-18-19)21(24)25)17-26-8-10(9-27-17)7-20-15(22)11-4-2-3-5-12(11)16(20)23/h2-6,10,17H,7-9H2,1H3. The van der Waals surface area contributed by atoms with Crippen LogP contribution in [0, 0.1) is 16.0 Å². The Kier molecular flexibility index (Phi) is 4.21. The Morgan fingerprint density at radius 2 is 1.78 bits per heavy atom. The molecule has 4 rings (SSSR count). The molecule has 0 N–H and O–H groups in total. The van der Waals surface area contributed by atoms with E-state index in [0.29, 0.717) is 11.1 Å². The van der Waals surface area contributed by atoms with Crippen molar-refractivity contribution in [1.29, 1.82) is 0 Å². The van der Waals surface area contributed by atoms with E-state index in [2.05, 4.69) is 5.10 Å². The zero-order valence-corrected chi connectivity index (χ0v) is 14.4. The quantitative estimate of drug-likeness (QED) is 0.451. The zero-order valence-electron chi connectivity index (χ0n) is 14.4. The van der Waals surface area contributed by atoms with Gasteiger partial charge in [0.25, 0.3) is 11.8 Å². The van der Waals surface area contributed by atoms with Gasteiger partial charge in [0, 0.05) is 19.5 Å². The van der Waals surface area contributed by atoms with E-state index in [1.165, 1.54) is 9.58 Å². The molecular weight excluding hydrogens is 356 g/mol. The van der Waals surface area contributed by atoms with E-state index in [4.69, 9.17) is 9.47 Å². The van der Waals surface area contributed by atoms with Crippen LogP contribution in [0.5, 0.6) is 0 Å². The molecule has 0 unspecified atom stereocenters. The predicted octanol–water partition coefficient (Wildman–Crippen LogP) is 1.29. The van der Waals surface area contributed by atoms with Crippen LogP contribution in [0.3, 0.4) is 0 Å². The number of fused-ring (bicyclic) bond motifs is 1. The van der Waals surface area contributed by atoms with Crippen LogP contribution in [-0.4, -0.2) is 51.2 Å². The minimum Gasteiger partial charge on any atom is -0.346 e. The van der Waals surface area contributed by atoms with Crippen LogP contribution in [0.1, 0.15) is 32.7 Å². The number of nitro groups is 1. The first-order valence-electron chi connectivity index (χ1n) is 8.32. The lowest BCUT2D eigenvalue weighted by atomic mass is 10.1. The Morgan fingerprint density at radius 3 is 2.33 bits per heavy atom. The van der Waals surface area contributed by atoms with Gasteiger partial charge in [-0.2, -0.15) is 5.10 Å². The van der Waals surface area contributed by atoms with Gasteiger partial charge in [0.15, 0.2) is 5.69 Å². The third-order valence-electron chi connectivity index (χ3n) is 4.67. The average molecular weight is 372 g/mol. The number of rotatable bonds is 4. The number of ether oxygens (including phenoxy) is 2. The maximum Gasteiger partial charge on any atom is 0.315 e. The Balaban J connectivity index is 1.43. The summed E-state index contributed by atoms with van der Waals surface area (Å²) in [6, 6.07) is 6.68. The number of aryl methyl sites for hydroxylation is 1. The van der Waals surface area contributed by atoms with Gasteiger partial charge in [-0.15, -0.1) is 0 Å². The van der Waals surface area contributed by atoms with Crippen LogP contribution in [-0.2, 0) is 16.5 Å². The van der Waals surface area contributed by atoms with Gasteiger partial charge in [0.1, 0.15) is 6.20 Å². The molecule has 0 aliphatic carbocycles. The van der Waals surface area contributed by atoms with E-state index in [-0.39, 0.29) is 48.9 Å². The molecule has 140 valence electrons. The van der Waals surface area contributed by atoms with Crippen LogP contribution in [0.4, 0.5) is 5.69 Å². The molecule has 1 aromatic carbocycles. The Bertz CT molecular complexity index is 896. The number of hydrogen-bond acceptors (Lipinski definition) is 7. The third-order valence-corrected chi connectivity index (χ3v) is 4.67. The molecule has 0 atom stereocenters. The zero-order chi connectivity index (χ0) is 19.1. The summed E-state index contributed by atoms with van der Waals surface area (Å²) in [5.74, 6) is -0.893. The Labute approximate surface area is 153 Å². The van der Waals surface area contributed by atoms with Crippen molar-refractivity contribution in [2.45, 2.75) is 6.29 Å². The number of nitrogens with zero attached hydrogens (tertiary/aromatic N) is 4. The number of aromatic nitrogens is 2. The highest BCUT2D eigenvalue weighted by Gasteiger charge is 2.38. The van der Waals surface area contributed by atoms with Gasteiger partial charge in [-0.25, -0.2) is 0 Å². The van der Waals surface area contributed by atoms with Crippen molar-refractivity contribution in [3.63, 3.8) is 0 Å². The van der Waals surface area contributed by atoms with E-state index in [0.717, 1.165) is 6.20 Å². The number of hydrogen-bond donors (Lipinski definition) is 0. The monoisotopic (exact) mass is 372 g/mol. The summed E-state index contributed by atoms with van der Waals surface area (Å²) in [7, 11) is 1.57. The van der Waals surface area contributed by atoms with Crippen molar-refractivity contribution in [3.05, 3.63) is 57.4 Å². The first kappa shape index (κ1) is 17.3. The minimum absolute atomic E-state index is 0.159. The maximum absolute atomic E-state index is 12.4. The van der Waals surface area contributed by atoms with E-state index in [1.807, 2.05) is 0 Å². The van der Waals surface area contributed by atoms with Crippen LogP contribution in [0.2, 0.25) is 0 Å². The molecule has 2 aliphatic rings. The molecule has 1 saturated heterocycles. The second kappa shape index (κ2) is 6.56. The molecule has 3 heterocycles. The molecule has 27 heavy (non-hydrogen) atoms. The normalized spacial score (nSPS) is 22.2. The van der Waals surface area contributed by atoms with Gasteiger partial charge in [-0.3, -0.25) is 29.3 Å². The lowest BCUT2D eigenvalue weighted by Crippen LogP contribution is -2.40. The highest BCUT2D eigenvalue weighted by atomic mass is 16.7. The molecule has 0 bridgehead atoms. The number of imide groups is 1. The number of carbonyl (C=O) groups is 2. The number of amides is 2. The summed E-state index contributed by atoms with van der Waals surface area (Å²) >= 11 is 0. The second-order valence-corrected chi connectivity index (χ2v) is 6.43. The van der Waals surface area contributed by atoms with Crippen molar-refractivity contribution in [2.75, 3.05) is 19.8 Å². The minimum atomic E-state index is -0.920. The van der Waals surface area contributed by atoms with E-state index in [9.17, 15) is 19.7 Å². The topological polar surface area (TPSA) is 117 Å². The molecule has 0 radical (unpaired) electrons. The maximum atomic E-state index is 12.4. The van der Waals surface area contributed by atoms with Crippen molar-refractivity contribution in [3.8, 4) is 0 Å². The van der Waals surface area contributed by atoms with E-state index < -0.39 is 11.2 Å². The smallest absolute Gasteiger partial charge is 0.315 e. The van der Waals surface area contributed by atoms with Gasteiger partial charge in [0.2, 0.25) is 6.29 Å². The largest absolute Gasteiger partial charge is 0.346 e. The molecular formula is C17H16N4O6. The van der Waals surface area contributed by atoms with Gasteiger partial charge >= 0.3 is 5.69 Å². The van der Waals surface area contributed by atoms with Crippen LogP contribution >= 0.6 is 0 Å². The van der Waals surface area contributed by atoms with Crippen LogP contribution < -0.4 is 0 Å². The van der Waals surface area contributed by atoms with Gasteiger partial charge < -0.3 is 9.47 Å². The van der Waals surface area contributed by atoms with E-state index in [1.54, 1.807) is 31.3 Å². The van der Waals surface area contributed by atoms with Crippen molar-refractivity contribution < 1.29 is 24.0 Å². The summed E-state index contributed by atoms with van der Waals surface area (Å²) in [5, 5.41) is 15.0. The van der Waals surface area contributed by atoms with Gasteiger partial charge in [0.05, 0.1) is 29.3 Å². The SMILES string of the molecule is Cn1ncc([N+](=O)[O-])c1C1OCC(CN2C(=O)c3ccccc3C2=O)CO1. The van der Waals surface area contributed by atoms with Gasteiger partial charge in [-0.1, -0.05) is 12.1 Å². The Hall–Kier alpha value is -3.11. The third kappa shape index (κ3) is 2.88. The molecule has 2 aromatic rings. The molecule has 2 amide bonds. The van der Waals surface area contributed by atoms with Crippen molar-refractivity contribution in [2.24, 2.45) is 13.0 Å². The number of carbonyl (C=O) groups excluding carboxylic acids is 2. The van der Waals surface area contributed by atoms with E-state index >= 15 is 0 Å².